The Labute approximate surface area is 150 Å². The summed E-state index contributed by atoms with van der Waals surface area (Å²) >= 11 is 0. The van der Waals surface area contributed by atoms with Crippen molar-refractivity contribution in [1.29, 1.82) is 0 Å². The molecule has 1 N–H and O–H groups in total. The number of nitrogens with one attached hydrogen (secondary N) is 1. The van der Waals surface area contributed by atoms with Crippen LogP contribution >= 0.6 is 0 Å². The molecule has 0 atom stereocenters. The Morgan fingerprint density at radius 3 is 2.64 bits per heavy atom. The van der Waals surface area contributed by atoms with Crippen LogP contribution in [-0.4, -0.2) is 38.1 Å². The van der Waals surface area contributed by atoms with Crippen LogP contribution in [-0.2, 0) is 4.79 Å². The molecule has 0 heterocycles. The molecule has 0 aliphatic carbocycles. The summed E-state index contributed by atoms with van der Waals surface area (Å²) in [6.45, 7) is 3.57. The van der Waals surface area contributed by atoms with Gasteiger partial charge in [0, 0.05) is 12.6 Å². The number of nitrogens with zero attached hydrogens (tertiary/aromatic N) is 1. The van der Waals surface area contributed by atoms with E-state index in [1.165, 1.54) is 6.08 Å². The number of anilines is 1. The number of aryl methyl sites for hydroxylation is 1. The zero-order chi connectivity index (χ0) is 18.1. The molecule has 0 bridgehead atoms. The minimum absolute atomic E-state index is 0.174. The third-order valence-corrected chi connectivity index (χ3v) is 3.63. The van der Waals surface area contributed by atoms with Gasteiger partial charge >= 0.3 is 0 Å². The van der Waals surface area contributed by atoms with Gasteiger partial charge in [-0.1, -0.05) is 36.4 Å². The predicted octanol–water partition coefficient (Wildman–Crippen LogP) is 3.98. The highest BCUT2D eigenvalue weighted by Gasteiger charge is 2.07. The van der Waals surface area contributed by atoms with E-state index >= 15 is 0 Å². The van der Waals surface area contributed by atoms with Gasteiger partial charge in [-0.2, -0.15) is 0 Å². The van der Waals surface area contributed by atoms with Crippen molar-refractivity contribution in [3.05, 3.63) is 65.7 Å². The summed E-state index contributed by atoms with van der Waals surface area (Å²) in [5, 5.41) is 2.91. The first-order valence-electron chi connectivity index (χ1n) is 8.47. The summed E-state index contributed by atoms with van der Waals surface area (Å²) in [5.41, 5.74) is 2.76. The molecule has 0 aliphatic rings. The monoisotopic (exact) mass is 338 g/mol. The first kappa shape index (κ1) is 18.7. The standard InChI is InChI=1S/C21H26N2O2/c1-17-10-12-20(25-15-7-14-23(2)3)19(16-17)22-21(24)13-11-18-8-5-4-6-9-18/h4-6,8-13,16H,7,14-15H2,1-3H3,(H,22,24). The maximum absolute atomic E-state index is 12.2. The van der Waals surface area contributed by atoms with Crippen LogP contribution in [0.25, 0.3) is 6.08 Å². The maximum atomic E-state index is 12.2. The third-order valence-electron chi connectivity index (χ3n) is 3.63. The average Bonchev–Trinajstić information content (AvgIpc) is 2.59. The van der Waals surface area contributed by atoms with Crippen LogP contribution in [0, 0.1) is 6.92 Å². The fraction of sp³-hybridized carbons (Fsp3) is 0.286. The lowest BCUT2D eigenvalue weighted by Crippen LogP contribution is -2.16. The summed E-state index contributed by atoms with van der Waals surface area (Å²) in [7, 11) is 4.08. The smallest absolute Gasteiger partial charge is 0.248 e. The molecule has 0 spiro atoms. The molecule has 0 radical (unpaired) electrons. The Bertz CT molecular complexity index is 709. The molecule has 2 rings (SSSR count). The molecule has 0 aliphatic heterocycles. The Hall–Kier alpha value is -2.59. The fourth-order valence-electron chi connectivity index (χ4n) is 2.34. The molecule has 2 aromatic rings. The Morgan fingerprint density at radius 2 is 1.92 bits per heavy atom. The number of rotatable bonds is 8. The minimum atomic E-state index is -0.174. The topological polar surface area (TPSA) is 41.6 Å². The van der Waals surface area contributed by atoms with Gasteiger partial charge in [-0.15, -0.1) is 0 Å². The molecule has 132 valence electrons. The van der Waals surface area contributed by atoms with Gasteiger partial charge in [0.1, 0.15) is 5.75 Å². The third kappa shape index (κ3) is 6.81. The molecular weight excluding hydrogens is 312 g/mol. The SMILES string of the molecule is Cc1ccc(OCCCN(C)C)c(NC(=O)C=Cc2ccccc2)c1. The number of ether oxygens (including phenoxy) is 1. The van der Waals surface area contributed by atoms with Crippen molar-refractivity contribution < 1.29 is 9.53 Å². The quantitative estimate of drug-likeness (QED) is 0.585. The average molecular weight is 338 g/mol. The minimum Gasteiger partial charge on any atom is -0.491 e. The van der Waals surface area contributed by atoms with Crippen molar-refractivity contribution in [3.8, 4) is 5.75 Å². The van der Waals surface area contributed by atoms with E-state index in [1.807, 2.05) is 69.6 Å². The molecule has 2 aromatic carbocycles. The summed E-state index contributed by atoms with van der Waals surface area (Å²) in [6.07, 6.45) is 4.26. The van der Waals surface area contributed by atoms with Gasteiger partial charge in [-0.3, -0.25) is 4.79 Å². The second-order valence-electron chi connectivity index (χ2n) is 6.24. The molecule has 0 aromatic heterocycles. The van der Waals surface area contributed by atoms with Gasteiger partial charge in [0.05, 0.1) is 12.3 Å². The highest BCUT2D eigenvalue weighted by atomic mass is 16.5. The Kier molecular flexibility index (Phi) is 7.23. The molecular formula is C21H26N2O2. The summed E-state index contributed by atoms with van der Waals surface area (Å²) < 4.78 is 5.84. The summed E-state index contributed by atoms with van der Waals surface area (Å²) in [4.78, 5) is 14.3. The predicted molar refractivity (Wildman–Crippen MR) is 104 cm³/mol. The molecule has 4 heteroatoms. The zero-order valence-electron chi connectivity index (χ0n) is 15.2. The molecule has 1 amide bonds. The highest BCUT2D eigenvalue weighted by molar-refractivity contribution is 6.02. The van der Waals surface area contributed by atoms with Crippen LogP contribution < -0.4 is 10.1 Å². The second-order valence-corrected chi connectivity index (χ2v) is 6.24. The Morgan fingerprint density at radius 1 is 1.16 bits per heavy atom. The number of amides is 1. The lowest BCUT2D eigenvalue weighted by molar-refractivity contribution is -0.111. The number of carbonyl (C=O) groups excluding carboxylic acids is 1. The number of carbonyl (C=O) groups is 1. The van der Waals surface area contributed by atoms with E-state index in [2.05, 4.69) is 10.2 Å². The number of benzene rings is 2. The van der Waals surface area contributed by atoms with E-state index in [1.54, 1.807) is 6.08 Å². The zero-order valence-corrected chi connectivity index (χ0v) is 15.2. The van der Waals surface area contributed by atoms with E-state index in [9.17, 15) is 4.79 Å². The van der Waals surface area contributed by atoms with E-state index in [0.717, 1.165) is 24.1 Å². The van der Waals surface area contributed by atoms with Gasteiger partial charge in [0.25, 0.3) is 0 Å². The number of hydrogen-bond acceptors (Lipinski definition) is 3. The lowest BCUT2D eigenvalue weighted by atomic mass is 10.2. The normalized spacial score (nSPS) is 11.0. The van der Waals surface area contributed by atoms with Gasteiger partial charge in [0.15, 0.2) is 0 Å². The van der Waals surface area contributed by atoms with Crippen LogP contribution in [0.15, 0.2) is 54.6 Å². The number of hydrogen-bond donors (Lipinski definition) is 1. The van der Waals surface area contributed by atoms with Crippen molar-refractivity contribution >= 4 is 17.7 Å². The fourth-order valence-corrected chi connectivity index (χ4v) is 2.34. The highest BCUT2D eigenvalue weighted by Crippen LogP contribution is 2.26. The van der Waals surface area contributed by atoms with E-state index < -0.39 is 0 Å². The largest absolute Gasteiger partial charge is 0.491 e. The summed E-state index contributed by atoms with van der Waals surface area (Å²) in [6, 6.07) is 15.6. The van der Waals surface area contributed by atoms with Crippen LogP contribution in [0.1, 0.15) is 17.5 Å². The Balaban J connectivity index is 1.98. The molecule has 4 nitrogen and oxygen atoms in total. The van der Waals surface area contributed by atoms with Crippen molar-refractivity contribution in [2.45, 2.75) is 13.3 Å². The molecule has 0 saturated heterocycles. The van der Waals surface area contributed by atoms with Gasteiger partial charge in [-0.25, -0.2) is 0 Å². The molecule has 25 heavy (non-hydrogen) atoms. The second kappa shape index (κ2) is 9.64. The van der Waals surface area contributed by atoms with Gasteiger partial charge in [-0.05, 0) is 56.8 Å². The van der Waals surface area contributed by atoms with Crippen molar-refractivity contribution in [2.75, 3.05) is 32.6 Å². The maximum Gasteiger partial charge on any atom is 0.248 e. The van der Waals surface area contributed by atoms with Crippen molar-refractivity contribution in [3.63, 3.8) is 0 Å². The van der Waals surface area contributed by atoms with E-state index in [-0.39, 0.29) is 5.91 Å². The van der Waals surface area contributed by atoms with Gasteiger partial charge in [0.2, 0.25) is 5.91 Å². The first-order chi connectivity index (χ1) is 12.0. The lowest BCUT2D eigenvalue weighted by Gasteiger charge is -2.14. The summed E-state index contributed by atoms with van der Waals surface area (Å²) in [5.74, 6) is 0.526. The molecule has 0 unspecified atom stereocenters. The van der Waals surface area contributed by atoms with Gasteiger partial charge < -0.3 is 15.0 Å². The molecule has 0 saturated carbocycles. The van der Waals surface area contributed by atoms with E-state index in [0.29, 0.717) is 18.0 Å². The van der Waals surface area contributed by atoms with Crippen LogP contribution in [0.3, 0.4) is 0 Å². The van der Waals surface area contributed by atoms with Crippen molar-refractivity contribution in [2.24, 2.45) is 0 Å². The van der Waals surface area contributed by atoms with Crippen molar-refractivity contribution in [1.82, 2.24) is 4.90 Å². The van der Waals surface area contributed by atoms with Crippen LogP contribution in [0.4, 0.5) is 5.69 Å². The first-order valence-corrected chi connectivity index (χ1v) is 8.47. The van der Waals surface area contributed by atoms with E-state index in [4.69, 9.17) is 4.74 Å². The molecule has 0 fully saturated rings. The van der Waals surface area contributed by atoms with Crippen LogP contribution in [0.5, 0.6) is 5.75 Å². The van der Waals surface area contributed by atoms with Crippen LogP contribution in [0.2, 0.25) is 0 Å².